The Hall–Kier alpha value is -3.42. The molecule has 1 N–H and O–H groups in total. The summed E-state index contributed by atoms with van der Waals surface area (Å²) in [5.41, 5.74) is 0.147. The van der Waals surface area contributed by atoms with Crippen molar-refractivity contribution < 1.29 is 23.5 Å². The van der Waals surface area contributed by atoms with Crippen LogP contribution in [0.3, 0.4) is 0 Å². The number of benzene rings is 3. The Morgan fingerprint density at radius 3 is 2.37 bits per heavy atom. The number of esters is 1. The minimum Gasteiger partial charge on any atom is -0.422 e. The molecule has 0 fully saturated rings. The second-order valence-corrected chi connectivity index (χ2v) is 9.25. The van der Waals surface area contributed by atoms with Crippen LogP contribution in [0, 0.1) is 5.82 Å². The normalized spacial score (nSPS) is 14.0. The number of para-hydroxylation sites is 2. The van der Waals surface area contributed by atoms with E-state index >= 15 is 0 Å². The van der Waals surface area contributed by atoms with Crippen molar-refractivity contribution in [3.63, 3.8) is 0 Å². The van der Waals surface area contributed by atoms with Crippen molar-refractivity contribution in [2.45, 2.75) is 32.6 Å². The zero-order valence-electron chi connectivity index (χ0n) is 19.1. The van der Waals surface area contributed by atoms with Crippen LogP contribution in [0.15, 0.2) is 54.6 Å². The fourth-order valence-corrected chi connectivity index (χ4v) is 4.47. The second kappa shape index (κ2) is 9.32. The van der Waals surface area contributed by atoms with E-state index in [1.807, 2.05) is 6.07 Å². The van der Waals surface area contributed by atoms with E-state index in [1.54, 1.807) is 45.0 Å². The maximum atomic E-state index is 14.3. The van der Waals surface area contributed by atoms with Gasteiger partial charge in [0.05, 0.1) is 38.1 Å². The van der Waals surface area contributed by atoms with Crippen LogP contribution in [0.1, 0.15) is 43.1 Å². The van der Waals surface area contributed by atoms with Crippen molar-refractivity contribution in [1.82, 2.24) is 0 Å². The van der Waals surface area contributed by atoms with Gasteiger partial charge in [0.15, 0.2) is 5.75 Å². The number of amides is 2. The Labute approximate surface area is 211 Å². The molecule has 0 atom stereocenters. The topological polar surface area (TPSA) is 75.7 Å². The lowest BCUT2D eigenvalue weighted by atomic mass is 9.86. The van der Waals surface area contributed by atoms with E-state index < -0.39 is 23.1 Å². The van der Waals surface area contributed by atoms with Crippen LogP contribution >= 0.6 is 23.2 Å². The number of ether oxygens (including phenoxy) is 1. The Balaban J connectivity index is 1.87. The van der Waals surface area contributed by atoms with Gasteiger partial charge in [0.2, 0.25) is 5.91 Å². The lowest BCUT2D eigenvalue weighted by Crippen LogP contribution is -2.33. The first-order valence-electron chi connectivity index (χ1n) is 10.8. The van der Waals surface area contributed by atoms with Gasteiger partial charge >= 0.3 is 5.97 Å². The van der Waals surface area contributed by atoms with Gasteiger partial charge < -0.3 is 10.1 Å². The molecule has 0 unspecified atom stereocenters. The van der Waals surface area contributed by atoms with Crippen molar-refractivity contribution >= 4 is 58.0 Å². The first kappa shape index (κ1) is 24.7. The molecule has 180 valence electrons. The summed E-state index contributed by atoms with van der Waals surface area (Å²) in [6.07, 6.45) is 0.0393. The van der Waals surface area contributed by atoms with Gasteiger partial charge in [-0.25, -0.2) is 4.39 Å². The molecule has 9 heteroatoms. The van der Waals surface area contributed by atoms with Gasteiger partial charge in [0.25, 0.3) is 5.91 Å². The molecule has 3 aromatic rings. The van der Waals surface area contributed by atoms with Crippen LogP contribution in [-0.4, -0.2) is 17.8 Å². The third-order valence-electron chi connectivity index (χ3n) is 5.80. The van der Waals surface area contributed by atoms with Gasteiger partial charge in [-0.2, -0.15) is 0 Å². The van der Waals surface area contributed by atoms with Gasteiger partial charge in [-0.1, -0.05) is 54.4 Å². The van der Waals surface area contributed by atoms with E-state index in [-0.39, 0.29) is 40.0 Å². The predicted octanol–water partition coefficient (Wildman–Crippen LogP) is 6.66. The van der Waals surface area contributed by atoms with Crippen LogP contribution in [0.2, 0.25) is 10.0 Å². The average molecular weight is 515 g/mol. The van der Waals surface area contributed by atoms with Crippen LogP contribution in [0.4, 0.5) is 21.5 Å². The van der Waals surface area contributed by atoms with Crippen LogP contribution in [0.25, 0.3) is 0 Å². The molecule has 0 bridgehead atoms. The molecule has 0 saturated heterocycles. The third kappa shape index (κ3) is 4.26. The van der Waals surface area contributed by atoms with E-state index in [0.29, 0.717) is 16.3 Å². The summed E-state index contributed by atoms with van der Waals surface area (Å²) in [5, 5.41) is 2.82. The Morgan fingerprint density at radius 1 is 1.03 bits per heavy atom. The van der Waals surface area contributed by atoms with E-state index in [4.69, 9.17) is 27.9 Å². The summed E-state index contributed by atoms with van der Waals surface area (Å²) in [5.74, 6) is -2.62. The summed E-state index contributed by atoms with van der Waals surface area (Å²) in [7, 11) is 0. The number of fused-ring (bicyclic) bond motifs is 1. The zero-order chi connectivity index (χ0) is 25.5. The van der Waals surface area contributed by atoms with Crippen molar-refractivity contribution in [2.24, 2.45) is 0 Å². The molecule has 1 aliphatic heterocycles. The molecule has 0 aliphatic carbocycles. The number of carbonyl (C=O) groups is 3. The molecule has 1 aliphatic rings. The fourth-order valence-electron chi connectivity index (χ4n) is 3.97. The van der Waals surface area contributed by atoms with Crippen molar-refractivity contribution in [2.75, 3.05) is 10.2 Å². The minimum absolute atomic E-state index is 0.0393. The van der Waals surface area contributed by atoms with Crippen LogP contribution in [-0.2, 0) is 15.0 Å². The molecule has 4 rings (SSSR count). The molecule has 1 heterocycles. The van der Waals surface area contributed by atoms with Crippen molar-refractivity contribution in [1.29, 1.82) is 0 Å². The average Bonchev–Trinajstić information content (AvgIpc) is 3.01. The van der Waals surface area contributed by atoms with Crippen molar-refractivity contribution in [3.05, 3.63) is 81.6 Å². The molecular formula is C26H21Cl2FN2O4. The zero-order valence-corrected chi connectivity index (χ0v) is 20.6. The van der Waals surface area contributed by atoms with Crippen LogP contribution in [0.5, 0.6) is 5.75 Å². The standard InChI is InChI=1S/C26H21Cl2FN2O4/c1-4-20(32)35-23-18(30-24(33)21-15(27)9-6-11-17(21)29)12-7-13-19(23)31-22-14(8-5-10-16(22)28)26(2,3)25(31)34/h5-13H,4H2,1-3H3,(H,30,33). The predicted molar refractivity (Wildman–Crippen MR) is 133 cm³/mol. The van der Waals surface area contributed by atoms with Gasteiger partial charge in [-0.3, -0.25) is 19.3 Å². The highest BCUT2D eigenvalue weighted by atomic mass is 35.5. The number of carbonyl (C=O) groups excluding carboxylic acids is 3. The molecule has 2 amide bonds. The highest BCUT2D eigenvalue weighted by molar-refractivity contribution is 6.36. The molecule has 0 saturated carbocycles. The first-order chi connectivity index (χ1) is 16.6. The van der Waals surface area contributed by atoms with Crippen molar-refractivity contribution in [3.8, 4) is 5.75 Å². The summed E-state index contributed by atoms with van der Waals surface area (Å²) in [4.78, 5) is 40.2. The molecule has 0 aromatic heterocycles. The lowest BCUT2D eigenvalue weighted by molar-refractivity contribution is -0.134. The quantitative estimate of drug-likeness (QED) is 0.305. The Bertz CT molecular complexity index is 1350. The smallest absolute Gasteiger partial charge is 0.311 e. The SMILES string of the molecule is CCC(=O)Oc1c(NC(=O)c2c(F)cccc2Cl)cccc1N1C(=O)C(C)(C)c2cccc(Cl)c21. The molecule has 0 radical (unpaired) electrons. The van der Waals surface area contributed by atoms with Gasteiger partial charge in [0, 0.05) is 6.42 Å². The highest BCUT2D eigenvalue weighted by Crippen LogP contribution is 2.51. The molecular weight excluding hydrogens is 494 g/mol. The number of nitrogens with zero attached hydrogens (tertiary/aromatic N) is 1. The Kier molecular flexibility index (Phi) is 6.58. The lowest BCUT2D eigenvalue weighted by Gasteiger charge is -2.24. The van der Waals surface area contributed by atoms with E-state index in [0.717, 1.165) is 6.07 Å². The summed E-state index contributed by atoms with van der Waals surface area (Å²) in [6.45, 7) is 5.15. The molecule has 6 nitrogen and oxygen atoms in total. The number of halogens is 3. The first-order valence-corrected chi connectivity index (χ1v) is 11.6. The van der Waals surface area contributed by atoms with E-state index in [1.165, 1.54) is 23.1 Å². The molecule has 3 aromatic carbocycles. The highest BCUT2D eigenvalue weighted by Gasteiger charge is 2.46. The maximum absolute atomic E-state index is 14.3. The second-order valence-electron chi connectivity index (χ2n) is 8.43. The number of hydrogen-bond acceptors (Lipinski definition) is 4. The van der Waals surface area contributed by atoms with Gasteiger partial charge in [-0.15, -0.1) is 0 Å². The molecule has 0 spiro atoms. The Morgan fingerprint density at radius 2 is 1.69 bits per heavy atom. The van der Waals surface area contributed by atoms with E-state index in [2.05, 4.69) is 5.32 Å². The third-order valence-corrected chi connectivity index (χ3v) is 6.42. The maximum Gasteiger partial charge on any atom is 0.311 e. The van der Waals surface area contributed by atoms with Crippen LogP contribution < -0.4 is 15.0 Å². The largest absolute Gasteiger partial charge is 0.422 e. The summed E-state index contributed by atoms with van der Waals surface area (Å²) in [6, 6.07) is 13.7. The van der Waals surface area contributed by atoms with E-state index in [9.17, 15) is 18.8 Å². The monoisotopic (exact) mass is 514 g/mol. The van der Waals surface area contributed by atoms with Gasteiger partial charge in [0.1, 0.15) is 5.82 Å². The summed E-state index contributed by atoms with van der Waals surface area (Å²) < 4.78 is 19.9. The minimum atomic E-state index is -0.911. The van der Waals surface area contributed by atoms with Gasteiger partial charge in [-0.05, 0) is 49.7 Å². The fraction of sp³-hybridized carbons (Fsp3) is 0.192. The number of anilines is 3. The number of nitrogens with one attached hydrogen (secondary N) is 1. The number of rotatable bonds is 5. The molecule has 35 heavy (non-hydrogen) atoms. The number of hydrogen-bond donors (Lipinski definition) is 1. The summed E-state index contributed by atoms with van der Waals surface area (Å²) >= 11 is 12.5.